The molecule has 3 fully saturated rings. The second-order valence-electron chi connectivity index (χ2n) is 21.4. The highest BCUT2D eigenvalue weighted by Gasteiger charge is 2.50. The Morgan fingerprint density at radius 1 is 0.798 bits per heavy atom. The lowest BCUT2D eigenvalue weighted by Gasteiger charge is -2.33. The maximum Gasteiger partial charge on any atom is 0.251 e. The first-order valence-corrected chi connectivity index (χ1v) is 28.4. The molecule has 3 aliphatic heterocycles. The van der Waals surface area contributed by atoms with Crippen LogP contribution in [0.4, 0.5) is 0 Å². The number of hydrogen-bond donors (Lipinski definition) is 13. The number of aliphatic hydroxyl groups excluding tert-OH is 6. The van der Waals surface area contributed by atoms with Gasteiger partial charge in [-0.1, -0.05) is 44.9 Å². The quantitative estimate of drug-likeness (QED) is 0.0540. The van der Waals surface area contributed by atoms with E-state index in [9.17, 15) is 74.1 Å². The summed E-state index contributed by atoms with van der Waals surface area (Å²) in [6.07, 6.45) is -8.27. The number of phenols is 1. The summed E-state index contributed by atoms with van der Waals surface area (Å²) < 4.78 is 11.0. The largest absolute Gasteiger partial charge is 0.504 e. The van der Waals surface area contributed by atoms with Crippen molar-refractivity contribution in [1.29, 1.82) is 0 Å². The van der Waals surface area contributed by atoms with Gasteiger partial charge in [0.15, 0.2) is 11.5 Å². The minimum Gasteiger partial charge on any atom is -0.504 e. The number of hydrogen-bond acceptors (Lipinski definition) is 19. The molecule has 0 bridgehead atoms. The number of primary amides is 1. The molecule has 454 valence electrons. The van der Waals surface area contributed by atoms with Crippen molar-refractivity contribution < 1.29 is 83.6 Å². The number of aromatic nitrogens is 1. The first kappa shape index (κ1) is 63.8. The van der Waals surface area contributed by atoms with Crippen LogP contribution in [-0.4, -0.2) is 204 Å². The van der Waals surface area contributed by atoms with Crippen LogP contribution >= 0.6 is 11.3 Å². The van der Waals surface area contributed by atoms with Crippen molar-refractivity contribution in [1.82, 2.24) is 41.4 Å². The Hall–Kier alpha value is -7.79. The van der Waals surface area contributed by atoms with Gasteiger partial charge < -0.3 is 87.3 Å². The lowest BCUT2D eigenvalue weighted by molar-refractivity contribution is -0.147. The number of amides is 8. The fourth-order valence-electron chi connectivity index (χ4n) is 10.3. The molecule has 0 saturated carbocycles. The smallest absolute Gasteiger partial charge is 0.251 e. The molecule has 1 unspecified atom stereocenters. The number of rotatable bonds is 17. The Balaban J connectivity index is 1.19. The highest BCUT2D eigenvalue weighted by atomic mass is 32.1. The number of phenolic OH excluding ortho intramolecular Hbond substituents is 1. The van der Waals surface area contributed by atoms with Crippen LogP contribution in [0.5, 0.6) is 17.2 Å². The number of nitrogens with one attached hydrogen (secondary N) is 5. The van der Waals surface area contributed by atoms with E-state index in [4.69, 9.17) is 15.2 Å². The van der Waals surface area contributed by atoms with Gasteiger partial charge in [-0.25, -0.2) is 4.98 Å². The Kier molecular flexibility index (Phi) is 21.8. The highest BCUT2D eigenvalue weighted by Crippen LogP contribution is 2.34. The zero-order valence-corrected chi connectivity index (χ0v) is 47.6. The number of carbonyl (C=O) groups is 8. The topological polar surface area (TPSA) is 402 Å². The van der Waals surface area contributed by atoms with E-state index in [1.165, 1.54) is 55.7 Å². The standard InChI is InChI=1S/C57H73N9O17S/c1-5-6-7-18-83-36-15-13-33(14-16-36)55-60-25-43(84-55)31-9-11-32(12-10-31)50(75)61-37-21-34(68)24-59-54(79)48-49(74)28(2)26-66(48)57(81)47(41(72)23-44(58)73)64-53(78)46(40(71)19-30-8-17-39(70)42(20-30)82-4)63-52(77)38-22-35(69)27-65(38)56(80)45(29(3)67)62-51(37)76/h8-17,20,25,28-29,34-35,37-38,40-41,45-49,67-72,74H,5-7,18-19,21-24,26-27H2,1-4H3,(H2,58,73)(H,59,79)(H,61,75)(H,62,76)(H,63,77)(H,64,78)/t28-,29+,34+,35+,37?,38-,40+,41+,45-,46-,47-,48-,49-/m0/s1. The average molecular weight is 1190 g/mol. The number of nitrogens with zero attached hydrogens (tertiary/aromatic N) is 3. The summed E-state index contributed by atoms with van der Waals surface area (Å²) in [6.45, 7) is 3.76. The third-order valence-electron chi connectivity index (χ3n) is 14.9. The van der Waals surface area contributed by atoms with Gasteiger partial charge in [0.1, 0.15) is 47.0 Å². The van der Waals surface area contributed by atoms with Crippen molar-refractivity contribution in [2.24, 2.45) is 11.7 Å². The molecule has 7 rings (SSSR count). The molecular weight excluding hydrogens is 1110 g/mol. The molecule has 0 aliphatic carbocycles. The zero-order valence-electron chi connectivity index (χ0n) is 46.8. The van der Waals surface area contributed by atoms with Crippen molar-refractivity contribution in [2.45, 2.75) is 139 Å². The monoisotopic (exact) mass is 1190 g/mol. The predicted molar refractivity (Wildman–Crippen MR) is 301 cm³/mol. The van der Waals surface area contributed by atoms with Gasteiger partial charge in [-0.05, 0) is 73.0 Å². The Morgan fingerprint density at radius 3 is 2.13 bits per heavy atom. The molecule has 3 aliphatic rings. The SMILES string of the molecule is CCCCCOc1ccc(-c2ncc(-c3ccc(C(=O)NC4C[C@@H](O)CNC(=O)[C@@H]5[C@@H](O)[C@@H](C)CN5C(=O)[C@H]([C@H](O)CC(N)=O)NC(=O)[C@H]([C@H](O)Cc5ccc(O)c(OC)c5)NC(=O)[C@@H]5C[C@@H](O)CN5C(=O)[C@H]([C@@H](C)O)NC4=O)cc3)s2)cc1. The summed E-state index contributed by atoms with van der Waals surface area (Å²) in [6, 6.07) is 6.42. The first-order valence-electron chi connectivity index (χ1n) is 27.6. The van der Waals surface area contributed by atoms with Gasteiger partial charge in [0, 0.05) is 62.1 Å². The molecule has 4 aromatic rings. The van der Waals surface area contributed by atoms with Crippen LogP contribution in [0.15, 0.2) is 72.9 Å². The van der Waals surface area contributed by atoms with Crippen molar-refractivity contribution in [2.75, 3.05) is 33.4 Å². The molecule has 27 heteroatoms. The second-order valence-corrected chi connectivity index (χ2v) is 22.4. The third-order valence-corrected chi connectivity index (χ3v) is 16.0. The van der Waals surface area contributed by atoms with E-state index in [-0.39, 0.29) is 29.2 Å². The van der Waals surface area contributed by atoms with Gasteiger partial charge >= 0.3 is 0 Å². The van der Waals surface area contributed by atoms with Crippen molar-refractivity contribution in [3.05, 3.63) is 84.1 Å². The third kappa shape index (κ3) is 15.7. The Labute approximate surface area is 487 Å². The number of carbonyl (C=O) groups excluding carboxylic acids is 8. The van der Waals surface area contributed by atoms with Gasteiger partial charge in [-0.2, -0.15) is 0 Å². The number of aromatic hydroxyl groups is 1. The summed E-state index contributed by atoms with van der Waals surface area (Å²) in [4.78, 5) is 120. The minimum atomic E-state index is -2.16. The van der Waals surface area contributed by atoms with Crippen LogP contribution in [0.25, 0.3) is 21.0 Å². The number of methoxy groups -OCH3 is 1. The van der Waals surface area contributed by atoms with Crippen LogP contribution in [-0.2, 0) is 40.0 Å². The molecule has 14 N–H and O–H groups in total. The molecule has 8 amide bonds. The Bertz CT molecular complexity index is 3000. The summed E-state index contributed by atoms with van der Waals surface area (Å²) in [5, 5.41) is 91.1. The number of aliphatic hydroxyl groups is 6. The second kappa shape index (κ2) is 28.7. The molecule has 3 saturated heterocycles. The maximum absolute atomic E-state index is 14.6. The molecule has 0 spiro atoms. The maximum atomic E-state index is 14.6. The van der Waals surface area contributed by atoms with Crippen molar-refractivity contribution in [3.63, 3.8) is 0 Å². The molecule has 0 radical (unpaired) electrons. The summed E-state index contributed by atoms with van der Waals surface area (Å²) >= 11 is 1.41. The van der Waals surface area contributed by atoms with E-state index < -0.39 is 165 Å². The van der Waals surface area contributed by atoms with Crippen LogP contribution in [0.3, 0.4) is 0 Å². The molecular formula is C57H73N9O17S. The number of benzene rings is 3. The fraction of sp³-hybridized carbons (Fsp3) is 0.491. The first-order chi connectivity index (χ1) is 40.0. The minimum absolute atomic E-state index is 0.0347. The van der Waals surface area contributed by atoms with E-state index >= 15 is 0 Å². The van der Waals surface area contributed by atoms with Gasteiger partial charge in [0.25, 0.3) is 5.91 Å². The lowest BCUT2D eigenvalue weighted by Crippen LogP contribution is -2.64. The number of fused-ring (bicyclic) bond motifs is 2. The lowest BCUT2D eigenvalue weighted by atomic mass is 9.98. The number of nitrogens with two attached hydrogens (primary N) is 1. The summed E-state index contributed by atoms with van der Waals surface area (Å²) in [5.41, 5.74) is 7.26. The van der Waals surface area contributed by atoms with Crippen LogP contribution in [0.1, 0.15) is 75.2 Å². The number of unbranched alkanes of at least 4 members (excludes halogenated alkanes) is 2. The van der Waals surface area contributed by atoms with Crippen LogP contribution in [0, 0.1) is 5.92 Å². The van der Waals surface area contributed by atoms with Crippen molar-refractivity contribution in [3.8, 4) is 38.3 Å². The van der Waals surface area contributed by atoms with E-state index in [1.807, 2.05) is 24.3 Å². The molecule has 3 aromatic carbocycles. The molecule has 1 aromatic heterocycles. The predicted octanol–water partition coefficient (Wildman–Crippen LogP) is -1.42. The molecule has 4 heterocycles. The van der Waals surface area contributed by atoms with Crippen LogP contribution in [0.2, 0.25) is 0 Å². The van der Waals surface area contributed by atoms with Gasteiger partial charge in [-0.15, -0.1) is 11.3 Å². The van der Waals surface area contributed by atoms with Crippen LogP contribution < -0.4 is 41.8 Å². The zero-order chi connectivity index (χ0) is 61.1. The van der Waals surface area contributed by atoms with Crippen molar-refractivity contribution >= 4 is 58.6 Å². The number of ether oxygens (including phenoxy) is 2. The van der Waals surface area contributed by atoms with E-state index in [1.54, 1.807) is 18.3 Å². The molecule has 84 heavy (non-hydrogen) atoms. The van der Waals surface area contributed by atoms with E-state index in [2.05, 4.69) is 38.5 Å². The van der Waals surface area contributed by atoms with E-state index in [0.717, 1.165) is 57.2 Å². The number of thiazole rings is 1. The van der Waals surface area contributed by atoms with Gasteiger partial charge in [-0.3, -0.25) is 38.4 Å². The Morgan fingerprint density at radius 2 is 1.46 bits per heavy atom. The van der Waals surface area contributed by atoms with E-state index in [0.29, 0.717) is 12.2 Å². The highest BCUT2D eigenvalue weighted by molar-refractivity contribution is 7.18. The van der Waals surface area contributed by atoms with Gasteiger partial charge in [0.2, 0.25) is 41.4 Å². The fourth-order valence-corrected chi connectivity index (χ4v) is 11.2. The normalized spacial score (nSPS) is 25.8. The summed E-state index contributed by atoms with van der Waals surface area (Å²) in [5.74, 6) is -9.48. The average Bonchev–Trinajstić information content (AvgIpc) is 4.04. The van der Waals surface area contributed by atoms with Gasteiger partial charge in [0.05, 0.1) is 61.6 Å². The number of β-amino-alcohol motifs (C(OH)–C–C–N with tert-alkyl or cyclic N) is 1. The molecule has 13 atom stereocenters. The molecule has 26 nitrogen and oxygen atoms in total. The summed E-state index contributed by atoms with van der Waals surface area (Å²) in [7, 11) is 1.26.